The standard InChI is InChI=1S/C69H72F3N3O/c1-64(2,3)50-29-31-59(55(39-50)44-24-19-16-20-25-44)75-60-27-21-26-54(61(60)74-63(75)56-40-52(66(7,8)9)41-57(62(56)76)67(10,11)12)47-35-48(37-51(36-47)65(4,5)6)58-38-46(32-33-73-58)45-28-30-53(43-22-17-15-18-23-43)49(34-45)42-68(13,14)69(70,71)72/h15-41,76H,42H2,1-14H3. The highest BCUT2D eigenvalue weighted by Gasteiger charge is 2.47. The Labute approximate surface area is 448 Å². The van der Waals surface area contributed by atoms with Crippen molar-refractivity contribution in [3.63, 3.8) is 0 Å². The molecule has 0 saturated heterocycles. The van der Waals surface area contributed by atoms with E-state index in [4.69, 9.17) is 9.97 Å². The summed E-state index contributed by atoms with van der Waals surface area (Å²) in [5.74, 6) is 0.843. The van der Waals surface area contributed by atoms with E-state index in [0.717, 1.165) is 89.2 Å². The number of rotatable bonds is 9. The number of para-hydroxylation sites is 1. The van der Waals surface area contributed by atoms with Crippen molar-refractivity contribution in [1.82, 2.24) is 14.5 Å². The van der Waals surface area contributed by atoms with Crippen LogP contribution in [-0.2, 0) is 28.1 Å². The molecule has 0 radical (unpaired) electrons. The first-order valence-electron chi connectivity index (χ1n) is 26.5. The lowest BCUT2D eigenvalue weighted by Crippen LogP contribution is -2.34. The van der Waals surface area contributed by atoms with Gasteiger partial charge in [-0.25, -0.2) is 4.98 Å². The molecular formula is C69H72F3N3O. The molecule has 390 valence electrons. The third kappa shape index (κ3) is 10.6. The second-order valence-electron chi connectivity index (χ2n) is 25.5. The molecule has 2 aromatic heterocycles. The fourth-order valence-corrected chi connectivity index (χ4v) is 10.1. The van der Waals surface area contributed by atoms with Crippen molar-refractivity contribution in [2.45, 2.75) is 131 Å². The first kappa shape index (κ1) is 53.6. The van der Waals surface area contributed by atoms with Crippen molar-refractivity contribution in [2.75, 3.05) is 0 Å². The molecule has 0 fully saturated rings. The van der Waals surface area contributed by atoms with Gasteiger partial charge in [0.25, 0.3) is 0 Å². The Morgan fingerprint density at radius 2 is 1.03 bits per heavy atom. The zero-order chi connectivity index (χ0) is 54.9. The molecular weight excluding hydrogens is 944 g/mol. The second kappa shape index (κ2) is 19.4. The van der Waals surface area contributed by atoms with Gasteiger partial charge in [-0.05, 0) is 132 Å². The molecule has 76 heavy (non-hydrogen) atoms. The number of pyridine rings is 1. The average molecular weight is 1020 g/mol. The molecule has 1 N–H and O–H groups in total. The van der Waals surface area contributed by atoms with Gasteiger partial charge >= 0.3 is 6.18 Å². The number of phenols is 1. The summed E-state index contributed by atoms with van der Waals surface area (Å²) in [6, 6.07) is 53.9. The van der Waals surface area contributed by atoms with Crippen LogP contribution in [0.25, 0.3) is 83.9 Å². The molecule has 7 aromatic carbocycles. The van der Waals surface area contributed by atoms with Gasteiger partial charge < -0.3 is 5.11 Å². The van der Waals surface area contributed by atoms with E-state index < -0.39 is 11.6 Å². The summed E-state index contributed by atoms with van der Waals surface area (Å²) >= 11 is 0. The summed E-state index contributed by atoms with van der Waals surface area (Å²) in [5.41, 5.74) is 14.1. The third-order valence-electron chi connectivity index (χ3n) is 15.0. The first-order valence-corrected chi connectivity index (χ1v) is 26.5. The summed E-state index contributed by atoms with van der Waals surface area (Å²) in [6.45, 7) is 28.9. The van der Waals surface area contributed by atoms with Crippen LogP contribution < -0.4 is 0 Å². The van der Waals surface area contributed by atoms with Crippen LogP contribution in [0.4, 0.5) is 13.2 Å². The molecule has 0 unspecified atom stereocenters. The minimum Gasteiger partial charge on any atom is -0.507 e. The van der Waals surface area contributed by atoms with Gasteiger partial charge in [0.2, 0.25) is 0 Å². The predicted octanol–water partition coefficient (Wildman–Crippen LogP) is 19.4. The lowest BCUT2D eigenvalue weighted by molar-refractivity contribution is -0.211. The van der Waals surface area contributed by atoms with Crippen LogP contribution in [0.15, 0.2) is 164 Å². The maximum absolute atomic E-state index is 14.5. The van der Waals surface area contributed by atoms with E-state index in [-0.39, 0.29) is 33.8 Å². The van der Waals surface area contributed by atoms with E-state index in [1.807, 2.05) is 66.7 Å². The normalized spacial score (nSPS) is 12.9. The van der Waals surface area contributed by atoms with Crippen LogP contribution in [0.2, 0.25) is 0 Å². The van der Waals surface area contributed by atoms with Crippen LogP contribution in [-0.4, -0.2) is 25.8 Å². The van der Waals surface area contributed by atoms with Crippen molar-refractivity contribution in [2.24, 2.45) is 5.41 Å². The van der Waals surface area contributed by atoms with Gasteiger partial charge in [0, 0.05) is 28.5 Å². The van der Waals surface area contributed by atoms with Gasteiger partial charge in [-0.15, -0.1) is 0 Å². The molecule has 0 atom stereocenters. The molecule has 0 aliphatic heterocycles. The Kier molecular flexibility index (Phi) is 13.7. The second-order valence-corrected chi connectivity index (χ2v) is 25.5. The number of hydrogen-bond donors (Lipinski definition) is 1. The largest absolute Gasteiger partial charge is 0.507 e. The Morgan fingerprint density at radius 3 is 1.63 bits per heavy atom. The van der Waals surface area contributed by atoms with Crippen molar-refractivity contribution in [3.8, 4) is 78.6 Å². The monoisotopic (exact) mass is 1020 g/mol. The van der Waals surface area contributed by atoms with Crippen molar-refractivity contribution >= 4 is 11.0 Å². The quantitative estimate of drug-likeness (QED) is 0.157. The molecule has 0 spiro atoms. The number of benzene rings is 7. The number of fused-ring (bicyclic) bond motifs is 1. The van der Waals surface area contributed by atoms with Crippen LogP contribution in [0.5, 0.6) is 5.75 Å². The number of phenolic OH excluding ortho intramolecular Hbond substituents is 1. The Balaban J connectivity index is 1.28. The topological polar surface area (TPSA) is 50.9 Å². The smallest absolute Gasteiger partial charge is 0.394 e. The van der Waals surface area contributed by atoms with E-state index in [1.165, 1.54) is 19.4 Å². The van der Waals surface area contributed by atoms with E-state index in [0.29, 0.717) is 17.0 Å². The summed E-state index contributed by atoms with van der Waals surface area (Å²) < 4.78 is 45.7. The Hall–Kier alpha value is -7.25. The molecule has 0 bridgehead atoms. The molecule has 9 rings (SSSR count). The van der Waals surface area contributed by atoms with Gasteiger partial charge in [0.15, 0.2) is 0 Å². The fraction of sp³-hybridized carbons (Fsp3) is 0.304. The molecule has 0 aliphatic carbocycles. The SMILES string of the molecule is CC(C)(C)c1cc(-c2cc(-c3ccc(-c4ccccc4)c(CC(C)(C)C(F)(F)F)c3)ccn2)cc(-c2cccc3c2nc(-c2cc(C(C)(C)C)cc(C(C)(C)C)c2O)n3-c2ccc(C(C)(C)C)cc2-c2ccccc2)c1. The van der Waals surface area contributed by atoms with Gasteiger partial charge in [-0.2, -0.15) is 13.2 Å². The zero-order valence-electron chi connectivity index (χ0n) is 46.7. The predicted molar refractivity (Wildman–Crippen MR) is 311 cm³/mol. The molecule has 0 saturated carbocycles. The van der Waals surface area contributed by atoms with Crippen LogP contribution in [0.3, 0.4) is 0 Å². The van der Waals surface area contributed by atoms with Crippen molar-refractivity contribution < 1.29 is 18.3 Å². The maximum atomic E-state index is 14.5. The zero-order valence-corrected chi connectivity index (χ0v) is 46.7. The lowest BCUT2D eigenvalue weighted by Gasteiger charge is -2.29. The lowest BCUT2D eigenvalue weighted by atomic mass is 9.79. The van der Waals surface area contributed by atoms with Gasteiger partial charge in [0.1, 0.15) is 11.6 Å². The number of nitrogens with zero attached hydrogens (tertiary/aromatic N) is 3. The van der Waals surface area contributed by atoms with Gasteiger partial charge in [0.05, 0.1) is 33.4 Å². The fourth-order valence-electron chi connectivity index (χ4n) is 10.1. The number of aromatic nitrogens is 3. The summed E-state index contributed by atoms with van der Waals surface area (Å²) in [5, 5.41) is 12.6. The van der Waals surface area contributed by atoms with Crippen LogP contribution in [0.1, 0.15) is 125 Å². The van der Waals surface area contributed by atoms with Gasteiger partial charge in [-0.3, -0.25) is 9.55 Å². The summed E-state index contributed by atoms with van der Waals surface area (Å²) in [6.07, 6.45) is -2.79. The minimum absolute atomic E-state index is 0.121. The van der Waals surface area contributed by atoms with Crippen LogP contribution >= 0.6 is 0 Å². The van der Waals surface area contributed by atoms with E-state index in [1.54, 1.807) is 6.20 Å². The number of hydrogen-bond acceptors (Lipinski definition) is 3. The summed E-state index contributed by atoms with van der Waals surface area (Å²) in [7, 11) is 0. The first-order chi connectivity index (χ1) is 35.5. The molecule has 7 heteroatoms. The van der Waals surface area contributed by atoms with E-state index in [2.05, 4.69) is 179 Å². The Morgan fingerprint density at radius 1 is 0.447 bits per heavy atom. The van der Waals surface area contributed by atoms with Crippen molar-refractivity contribution in [1.29, 1.82) is 0 Å². The molecule has 0 aliphatic rings. The van der Waals surface area contributed by atoms with E-state index >= 15 is 0 Å². The van der Waals surface area contributed by atoms with E-state index in [9.17, 15) is 18.3 Å². The number of halogens is 3. The van der Waals surface area contributed by atoms with Crippen molar-refractivity contribution in [3.05, 3.63) is 192 Å². The molecule has 4 nitrogen and oxygen atoms in total. The Bertz CT molecular complexity index is 3610. The highest BCUT2D eigenvalue weighted by atomic mass is 19.4. The third-order valence-corrected chi connectivity index (χ3v) is 15.0. The highest BCUT2D eigenvalue weighted by Crippen LogP contribution is 2.47. The molecule has 9 aromatic rings. The summed E-state index contributed by atoms with van der Waals surface area (Å²) in [4.78, 5) is 10.7. The average Bonchev–Trinajstić information content (AvgIpc) is 3.79. The highest BCUT2D eigenvalue weighted by molar-refractivity contribution is 5.98. The number of imidazole rings is 1. The van der Waals surface area contributed by atoms with Crippen LogP contribution in [0, 0.1) is 5.41 Å². The number of alkyl halides is 3. The van der Waals surface area contributed by atoms with Gasteiger partial charge in [-0.1, -0.05) is 206 Å². The molecule has 2 heterocycles. The molecule has 0 amide bonds. The minimum atomic E-state index is -4.39. The number of aromatic hydroxyl groups is 1. The maximum Gasteiger partial charge on any atom is 0.394 e.